The highest BCUT2D eigenvalue weighted by Crippen LogP contribution is 2.32. The molecule has 2 rings (SSSR count). The highest BCUT2D eigenvalue weighted by molar-refractivity contribution is 9.10. The molecule has 104 valence electrons. The molecule has 0 aliphatic heterocycles. The molecule has 0 aliphatic carbocycles. The van der Waals surface area contributed by atoms with Gasteiger partial charge in [0.1, 0.15) is 11.5 Å². The Labute approximate surface area is 127 Å². The molecule has 1 N–H and O–H groups in total. The summed E-state index contributed by atoms with van der Waals surface area (Å²) < 4.78 is 13.4. The van der Waals surface area contributed by atoms with Gasteiger partial charge in [-0.25, -0.2) is 4.39 Å². The lowest BCUT2D eigenvalue weighted by atomic mass is 10.2. The van der Waals surface area contributed by atoms with Gasteiger partial charge in [0, 0.05) is 6.54 Å². The van der Waals surface area contributed by atoms with E-state index in [0.29, 0.717) is 16.7 Å². The highest BCUT2D eigenvalue weighted by Gasteiger charge is 2.17. The highest BCUT2D eigenvalue weighted by atomic mass is 79.9. The molecule has 2 aromatic rings. The zero-order chi connectivity index (χ0) is 14.7. The van der Waals surface area contributed by atoms with E-state index in [1.165, 1.54) is 12.1 Å². The number of nitro groups is 1. The van der Waals surface area contributed by atoms with Crippen LogP contribution in [0, 0.1) is 15.9 Å². The van der Waals surface area contributed by atoms with Crippen LogP contribution in [-0.2, 0) is 6.54 Å². The largest absolute Gasteiger partial charge is 0.375 e. The summed E-state index contributed by atoms with van der Waals surface area (Å²) in [5.41, 5.74) is 1.07. The Morgan fingerprint density at radius 2 is 2.10 bits per heavy atom. The maximum atomic E-state index is 13.0. The van der Waals surface area contributed by atoms with Crippen molar-refractivity contribution < 1.29 is 9.31 Å². The van der Waals surface area contributed by atoms with Crippen LogP contribution >= 0.6 is 27.5 Å². The summed E-state index contributed by atoms with van der Waals surface area (Å²) in [6.07, 6.45) is 0. The lowest BCUT2D eigenvalue weighted by Gasteiger charge is -2.08. The van der Waals surface area contributed by atoms with Crippen LogP contribution in [0.15, 0.2) is 40.9 Å². The van der Waals surface area contributed by atoms with Crippen molar-refractivity contribution in [2.75, 3.05) is 5.32 Å². The van der Waals surface area contributed by atoms with Gasteiger partial charge >= 0.3 is 5.69 Å². The standard InChI is InChI=1S/C13H9BrClFN2O2/c14-9-2-1-3-12(13(9)18(19)20)17-7-8-4-5-11(16)10(15)6-8/h1-6,17H,7H2. The number of nitro benzene ring substituents is 1. The number of anilines is 1. The fourth-order valence-corrected chi connectivity index (χ4v) is 2.40. The van der Waals surface area contributed by atoms with Crippen LogP contribution in [0.4, 0.5) is 15.8 Å². The molecule has 0 fully saturated rings. The van der Waals surface area contributed by atoms with Gasteiger partial charge in [0.25, 0.3) is 0 Å². The molecule has 0 bridgehead atoms. The van der Waals surface area contributed by atoms with Crippen LogP contribution in [-0.4, -0.2) is 4.92 Å². The number of benzene rings is 2. The zero-order valence-electron chi connectivity index (χ0n) is 10.1. The van der Waals surface area contributed by atoms with Gasteiger partial charge in [-0.1, -0.05) is 23.7 Å². The van der Waals surface area contributed by atoms with Gasteiger partial charge in [-0.05, 0) is 45.8 Å². The van der Waals surface area contributed by atoms with Crippen LogP contribution in [0.2, 0.25) is 5.02 Å². The Morgan fingerprint density at radius 3 is 2.75 bits per heavy atom. The second kappa shape index (κ2) is 6.19. The number of halogens is 3. The Hall–Kier alpha value is -1.66. The maximum absolute atomic E-state index is 13.0. The molecule has 0 aromatic heterocycles. The van der Waals surface area contributed by atoms with Gasteiger partial charge in [-0.15, -0.1) is 0 Å². The molecule has 0 saturated heterocycles. The van der Waals surface area contributed by atoms with Crippen molar-refractivity contribution in [1.29, 1.82) is 0 Å². The normalized spacial score (nSPS) is 10.3. The van der Waals surface area contributed by atoms with E-state index < -0.39 is 10.7 Å². The van der Waals surface area contributed by atoms with Gasteiger partial charge in [0.05, 0.1) is 14.4 Å². The summed E-state index contributed by atoms with van der Waals surface area (Å²) in [5, 5.41) is 14.0. The summed E-state index contributed by atoms with van der Waals surface area (Å²) >= 11 is 8.83. The summed E-state index contributed by atoms with van der Waals surface area (Å²) in [7, 11) is 0. The van der Waals surface area contributed by atoms with Crippen molar-refractivity contribution in [1.82, 2.24) is 0 Å². The third kappa shape index (κ3) is 3.26. The average molecular weight is 360 g/mol. The second-order valence-corrected chi connectivity index (χ2v) is 5.26. The number of para-hydroxylation sites is 1. The molecule has 2 aromatic carbocycles. The maximum Gasteiger partial charge on any atom is 0.306 e. The molecular formula is C13H9BrClFN2O2. The molecule has 0 amide bonds. The lowest BCUT2D eigenvalue weighted by molar-refractivity contribution is -0.384. The fourth-order valence-electron chi connectivity index (χ4n) is 1.69. The summed E-state index contributed by atoms with van der Waals surface area (Å²) in [6.45, 7) is 0.303. The van der Waals surface area contributed by atoms with E-state index in [1.54, 1.807) is 24.3 Å². The van der Waals surface area contributed by atoms with E-state index in [0.717, 1.165) is 5.56 Å². The first-order valence-corrected chi connectivity index (χ1v) is 6.77. The Morgan fingerprint density at radius 1 is 1.35 bits per heavy atom. The van der Waals surface area contributed by atoms with E-state index in [4.69, 9.17) is 11.6 Å². The van der Waals surface area contributed by atoms with Crippen LogP contribution in [0.25, 0.3) is 0 Å². The van der Waals surface area contributed by atoms with Crippen molar-refractivity contribution in [3.05, 3.63) is 67.4 Å². The first kappa shape index (κ1) is 14.7. The summed E-state index contributed by atoms with van der Waals surface area (Å²) in [4.78, 5) is 10.5. The smallest absolute Gasteiger partial charge is 0.306 e. The molecule has 0 atom stereocenters. The number of rotatable bonds is 4. The molecule has 0 saturated carbocycles. The molecule has 20 heavy (non-hydrogen) atoms. The predicted molar refractivity (Wildman–Crippen MR) is 79.5 cm³/mol. The van der Waals surface area contributed by atoms with Gasteiger partial charge in [0.2, 0.25) is 0 Å². The lowest BCUT2D eigenvalue weighted by Crippen LogP contribution is -2.03. The topological polar surface area (TPSA) is 55.2 Å². The predicted octanol–water partition coefficient (Wildman–Crippen LogP) is 4.76. The minimum atomic E-state index is -0.496. The van der Waals surface area contributed by atoms with Crippen LogP contribution in [0.1, 0.15) is 5.56 Å². The number of nitrogens with one attached hydrogen (secondary N) is 1. The van der Waals surface area contributed by atoms with Gasteiger partial charge in [0.15, 0.2) is 0 Å². The van der Waals surface area contributed by atoms with Gasteiger partial charge in [-0.3, -0.25) is 10.1 Å². The quantitative estimate of drug-likeness (QED) is 0.632. The van der Waals surface area contributed by atoms with E-state index in [2.05, 4.69) is 21.2 Å². The fraction of sp³-hybridized carbons (Fsp3) is 0.0769. The first-order chi connectivity index (χ1) is 9.49. The van der Waals surface area contributed by atoms with Crippen LogP contribution in [0.5, 0.6) is 0 Å². The molecule has 0 aliphatic rings. The minimum Gasteiger partial charge on any atom is -0.375 e. The Kier molecular flexibility index (Phi) is 4.57. The molecular weight excluding hydrogens is 351 g/mol. The molecule has 0 unspecified atom stereocenters. The van der Waals surface area contributed by atoms with Gasteiger partial charge in [-0.2, -0.15) is 0 Å². The monoisotopic (exact) mass is 358 g/mol. The van der Waals surface area contributed by atoms with E-state index in [-0.39, 0.29) is 10.7 Å². The van der Waals surface area contributed by atoms with Crippen LogP contribution < -0.4 is 5.32 Å². The van der Waals surface area contributed by atoms with E-state index in [1.807, 2.05) is 0 Å². The average Bonchev–Trinajstić information content (AvgIpc) is 2.39. The molecule has 0 heterocycles. The molecule has 4 nitrogen and oxygen atoms in total. The third-order valence-electron chi connectivity index (χ3n) is 2.64. The summed E-state index contributed by atoms with van der Waals surface area (Å²) in [6, 6.07) is 9.20. The number of hydrogen-bond donors (Lipinski definition) is 1. The van der Waals surface area contributed by atoms with Crippen molar-refractivity contribution in [2.45, 2.75) is 6.54 Å². The first-order valence-electron chi connectivity index (χ1n) is 5.59. The molecule has 0 radical (unpaired) electrons. The second-order valence-electron chi connectivity index (χ2n) is 4.00. The van der Waals surface area contributed by atoms with Gasteiger partial charge < -0.3 is 5.32 Å². The molecule has 0 spiro atoms. The van der Waals surface area contributed by atoms with E-state index in [9.17, 15) is 14.5 Å². The SMILES string of the molecule is O=[N+]([O-])c1c(Br)cccc1NCc1ccc(F)c(Cl)c1. The van der Waals surface area contributed by atoms with Crippen molar-refractivity contribution in [3.63, 3.8) is 0 Å². The Balaban J connectivity index is 2.21. The third-order valence-corrected chi connectivity index (χ3v) is 3.57. The zero-order valence-corrected chi connectivity index (χ0v) is 12.4. The minimum absolute atomic E-state index is 0.0213. The van der Waals surface area contributed by atoms with E-state index >= 15 is 0 Å². The van der Waals surface area contributed by atoms with Crippen LogP contribution in [0.3, 0.4) is 0 Å². The summed E-state index contributed by atoms with van der Waals surface area (Å²) in [5.74, 6) is -0.496. The molecule has 7 heteroatoms. The van der Waals surface area contributed by atoms with Crippen molar-refractivity contribution in [2.24, 2.45) is 0 Å². The van der Waals surface area contributed by atoms with Crippen molar-refractivity contribution >= 4 is 38.9 Å². The number of nitrogens with zero attached hydrogens (tertiary/aromatic N) is 1. The Bertz CT molecular complexity index is 667. The van der Waals surface area contributed by atoms with Crippen molar-refractivity contribution in [3.8, 4) is 0 Å². The number of hydrogen-bond acceptors (Lipinski definition) is 3.